The molecule has 220 valence electrons. The molecule has 0 saturated carbocycles. The van der Waals surface area contributed by atoms with Crippen LogP contribution in [0.4, 0.5) is 5.69 Å². The van der Waals surface area contributed by atoms with Gasteiger partial charge in [-0.2, -0.15) is 0 Å². The van der Waals surface area contributed by atoms with Gasteiger partial charge < -0.3 is 24.4 Å². The van der Waals surface area contributed by atoms with Crippen LogP contribution in [0.2, 0.25) is 0 Å². The summed E-state index contributed by atoms with van der Waals surface area (Å²) in [6.07, 6.45) is 0. The molecule has 1 atom stereocenters. The largest absolute Gasteiger partial charge is 0.497 e. The Morgan fingerprint density at radius 3 is 2.12 bits per heavy atom. The molecule has 41 heavy (non-hydrogen) atoms. The van der Waals surface area contributed by atoms with E-state index in [0.29, 0.717) is 22.8 Å². The summed E-state index contributed by atoms with van der Waals surface area (Å²) in [4.78, 5) is 28.4. The first-order valence-electron chi connectivity index (χ1n) is 13.0. The van der Waals surface area contributed by atoms with Gasteiger partial charge in [0.2, 0.25) is 11.8 Å². The van der Waals surface area contributed by atoms with E-state index in [1.807, 2.05) is 19.9 Å². The van der Waals surface area contributed by atoms with Gasteiger partial charge in [-0.3, -0.25) is 13.9 Å². The summed E-state index contributed by atoms with van der Waals surface area (Å²) < 4.78 is 44.9. The molecule has 3 aromatic rings. The summed E-state index contributed by atoms with van der Waals surface area (Å²) in [5.41, 5.74) is 0.908. The highest BCUT2D eigenvalue weighted by Crippen LogP contribution is 2.34. The molecule has 0 unspecified atom stereocenters. The zero-order chi connectivity index (χ0) is 30.2. The monoisotopic (exact) mass is 583 g/mol. The lowest BCUT2D eigenvalue weighted by Crippen LogP contribution is -2.52. The molecule has 3 aromatic carbocycles. The van der Waals surface area contributed by atoms with Crippen molar-refractivity contribution in [2.75, 3.05) is 32.2 Å². The zero-order valence-corrected chi connectivity index (χ0v) is 25.0. The molecule has 0 heterocycles. The fourth-order valence-electron chi connectivity index (χ4n) is 4.18. The Morgan fingerprint density at radius 1 is 0.829 bits per heavy atom. The van der Waals surface area contributed by atoms with Crippen molar-refractivity contribution in [3.8, 4) is 17.2 Å². The van der Waals surface area contributed by atoms with Gasteiger partial charge in [0.15, 0.2) is 11.5 Å². The number of carbonyl (C=O) groups is 2. The highest BCUT2D eigenvalue weighted by molar-refractivity contribution is 7.92. The van der Waals surface area contributed by atoms with Crippen molar-refractivity contribution in [3.63, 3.8) is 0 Å². The van der Waals surface area contributed by atoms with Crippen LogP contribution in [0.3, 0.4) is 0 Å². The van der Waals surface area contributed by atoms with Crippen LogP contribution >= 0.6 is 0 Å². The third-order valence-corrected chi connectivity index (χ3v) is 8.14. The maximum absolute atomic E-state index is 14.0. The van der Waals surface area contributed by atoms with Gasteiger partial charge >= 0.3 is 0 Å². The van der Waals surface area contributed by atoms with E-state index in [1.54, 1.807) is 49.4 Å². The topological polar surface area (TPSA) is 114 Å². The predicted octanol–water partition coefficient (Wildman–Crippen LogP) is 3.85. The van der Waals surface area contributed by atoms with Crippen LogP contribution in [0.1, 0.15) is 26.3 Å². The highest BCUT2D eigenvalue weighted by Gasteiger charge is 2.33. The van der Waals surface area contributed by atoms with E-state index in [4.69, 9.17) is 14.2 Å². The van der Waals surface area contributed by atoms with Gasteiger partial charge in [-0.15, -0.1) is 0 Å². The van der Waals surface area contributed by atoms with Gasteiger partial charge in [-0.05, 0) is 62.7 Å². The van der Waals surface area contributed by atoms with Crippen molar-refractivity contribution < 1.29 is 32.2 Å². The van der Waals surface area contributed by atoms with Crippen molar-refractivity contribution in [3.05, 3.63) is 78.4 Å². The van der Waals surface area contributed by atoms with E-state index in [-0.39, 0.29) is 29.1 Å². The Hall–Kier alpha value is -4.25. The lowest BCUT2D eigenvalue weighted by atomic mass is 10.1. The predicted molar refractivity (Wildman–Crippen MR) is 157 cm³/mol. The lowest BCUT2D eigenvalue weighted by Gasteiger charge is -2.32. The highest BCUT2D eigenvalue weighted by atomic mass is 32.2. The fraction of sp³-hybridized carbons (Fsp3) is 0.333. The van der Waals surface area contributed by atoms with E-state index in [0.717, 1.165) is 4.31 Å². The zero-order valence-electron chi connectivity index (χ0n) is 24.2. The number of benzene rings is 3. The molecule has 3 rings (SSSR count). The van der Waals surface area contributed by atoms with Gasteiger partial charge in [-0.1, -0.05) is 30.3 Å². The number of methoxy groups -OCH3 is 3. The second-order valence-electron chi connectivity index (χ2n) is 9.58. The number of nitrogens with zero attached hydrogens (tertiary/aromatic N) is 2. The number of carbonyl (C=O) groups excluding carboxylic acids is 2. The van der Waals surface area contributed by atoms with Crippen LogP contribution < -0.4 is 23.8 Å². The van der Waals surface area contributed by atoms with Crippen LogP contribution in [-0.2, 0) is 26.2 Å². The smallest absolute Gasteiger partial charge is 0.264 e. The van der Waals surface area contributed by atoms with Crippen molar-refractivity contribution in [1.29, 1.82) is 0 Å². The first-order chi connectivity index (χ1) is 19.5. The molecule has 2 amide bonds. The van der Waals surface area contributed by atoms with Crippen LogP contribution in [0.25, 0.3) is 0 Å². The molecule has 0 aromatic heterocycles. The van der Waals surface area contributed by atoms with Crippen molar-refractivity contribution in [2.45, 2.75) is 44.3 Å². The average Bonchev–Trinajstić information content (AvgIpc) is 2.97. The number of hydrogen-bond donors (Lipinski definition) is 1. The minimum Gasteiger partial charge on any atom is -0.497 e. The van der Waals surface area contributed by atoms with Crippen LogP contribution in [0.15, 0.2) is 77.7 Å². The summed E-state index contributed by atoms with van der Waals surface area (Å²) in [6.45, 7) is 4.74. The first kappa shape index (κ1) is 31.3. The summed E-state index contributed by atoms with van der Waals surface area (Å²) in [6, 6.07) is 18.5. The number of ether oxygens (including phenoxy) is 3. The lowest BCUT2D eigenvalue weighted by molar-refractivity contribution is -0.139. The van der Waals surface area contributed by atoms with Crippen molar-refractivity contribution >= 4 is 27.5 Å². The molecule has 1 N–H and O–H groups in total. The van der Waals surface area contributed by atoms with Gasteiger partial charge in [0.25, 0.3) is 10.0 Å². The van der Waals surface area contributed by atoms with Crippen LogP contribution in [-0.4, -0.2) is 65.1 Å². The molecule has 0 fully saturated rings. The quantitative estimate of drug-likeness (QED) is 0.325. The molecular formula is C30H37N3O7S. The van der Waals surface area contributed by atoms with Gasteiger partial charge in [0, 0.05) is 18.7 Å². The third-order valence-electron chi connectivity index (χ3n) is 6.35. The molecule has 0 aliphatic heterocycles. The normalized spacial score (nSPS) is 11.9. The number of hydrogen-bond acceptors (Lipinski definition) is 7. The number of sulfonamides is 1. The van der Waals surface area contributed by atoms with Gasteiger partial charge in [0.1, 0.15) is 18.3 Å². The minimum absolute atomic E-state index is 0.00697. The van der Waals surface area contributed by atoms with Crippen LogP contribution in [0.5, 0.6) is 17.2 Å². The standard InChI is InChI=1S/C30H37N3O7S/c1-21(2)31-30(35)22(3)32(19-23-11-10-12-25(17-23)38-4)29(34)20-33(41(36,37)26-13-8-7-9-14-26)24-15-16-27(39-5)28(18-24)40-6/h7-18,21-22H,19-20H2,1-6H3,(H,31,35)/t22-/m0/s1. The number of anilines is 1. The Bertz CT molecular complexity index is 1450. The number of amides is 2. The summed E-state index contributed by atoms with van der Waals surface area (Å²) >= 11 is 0. The maximum Gasteiger partial charge on any atom is 0.264 e. The molecule has 10 nitrogen and oxygen atoms in total. The fourth-order valence-corrected chi connectivity index (χ4v) is 5.61. The van der Waals surface area contributed by atoms with E-state index >= 15 is 0 Å². The Kier molecular flexibility index (Phi) is 10.6. The molecule has 0 spiro atoms. The summed E-state index contributed by atoms with van der Waals surface area (Å²) in [5, 5.41) is 2.84. The molecule has 0 aliphatic rings. The Labute approximate surface area is 241 Å². The molecule has 11 heteroatoms. The molecule has 0 radical (unpaired) electrons. The average molecular weight is 584 g/mol. The number of nitrogens with one attached hydrogen (secondary N) is 1. The van der Waals surface area contributed by atoms with Gasteiger partial charge in [0.05, 0.1) is 31.9 Å². The number of rotatable bonds is 13. The Balaban J connectivity index is 2.08. The van der Waals surface area contributed by atoms with Crippen LogP contribution in [0, 0.1) is 0 Å². The third kappa shape index (κ3) is 7.69. The van der Waals surface area contributed by atoms with E-state index in [1.165, 1.54) is 50.5 Å². The van der Waals surface area contributed by atoms with Crippen molar-refractivity contribution in [1.82, 2.24) is 10.2 Å². The molecule has 0 bridgehead atoms. The minimum atomic E-state index is -4.21. The van der Waals surface area contributed by atoms with E-state index in [2.05, 4.69) is 5.32 Å². The SMILES string of the molecule is COc1cccc(CN(C(=O)CN(c2ccc(OC)c(OC)c2)S(=O)(=O)c2ccccc2)[C@@H](C)C(=O)NC(C)C)c1. The summed E-state index contributed by atoms with van der Waals surface area (Å²) in [5.74, 6) is 0.350. The maximum atomic E-state index is 14.0. The second-order valence-corrected chi connectivity index (χ2v) is 11.4. The molecule has 0 saturated heterocycles. The Morgan fingerprint density at radius 2 is 1.51 bits per heavy atom. The summed E-state index contributed by atoms with van der Waals surface area (Å²) in [7, 11) is 0.241. The van der Waals surface area contributed by atoms with E-state index in [9.17, 15) is 18.0 Å². The second kappa shape index (κ2) is 13.9. The molecular weight excluding hydrogens is 546 g/mol. The van der Waals surface area contributed by atoms with Crippen molar-refractivity contribution in [2.24, 2.45) is 0 Å². The first-order valence-corrected chi connectivity index (χ1v) is 14.5. The van der Waals surface area contributed by atoms with E-state index < -0.39 is 28.5 Å². The van der Waals surface area contributed by atoms with Gasteiger partial charge in [-0.25, -0.2) is 8.42 Å². The molecule has 0 aliphatic carbocycles.